The first-order valence-corrected chi connectivity index (χ1v) is 7.95. The standard InChI is InChI=1S/C17H20N4O4/c1-11-19-13(17(22)18-5-6-23-2)10-16(20-11)21-12-3-4-14-15(9-12)25-8-7-24-14/h3-4,9-10H,5-8H2,1-2H3,(H,18,22)(H,19,20,21). The average Bonchev–Trinajstić information content (AvgIpc) is 2.61. The van der Waals surface area contributed by atoms with Crippen LogP contribution in [0, 0.1) is 6.92 Å². The molecule has 2 aromatic rings. The quantitative estimate of drug-likeness (QED) is 0.770. The summed E-state index contributed by atoms with van der Waals surface area (Å²) >= 11 is 0. The highest BCUT2D eigenvalue weighted by Crippen LogP contribution is 2.33. The Hall–Kier alpha value is -2.87. The maximum absolute atomic E-state index is 12.1. The molecule has 1 aromatic carbocycles. The molecule has 0 radical (unpaired) electrons. The molecule has 1 aromatic heterocycles. The number of nitrogens with one attached hydrogen (secondary N) is 2. The topological polar surface area (TPSA) is 94.6 Å². The van der Waals surface area contributed by atoms with Crippen LogP contribution in [0.5, 0.6) is 11.5 Å². The summed E-state index contributed by atoms with van der Waals surface area (Å²) in [6.45, 7) is 3.67. The molecule has 132 valence electrons. The van der Waals surface area contributed by atoms with Crippen molar-refractivity contribution in [2.75, 3.05) is 38.8 Å². The first-order valence-electron chi connectivity index (χ1n) is 7.95. The number of nitrogens with zero attached hydrogens (tertiary/aromatic N) is 2. The van der Waals surface area contributed by atoms with E-state index in [0.717, 1.165) is 5.69 Å². The van der Waals surface area contributed by atoms with E-state index >= 15 is 0 Å². The molecular weight excluding hydrogens is 324 g/mol. The van der Waals surface area contributed by atoms with Crippen LogP contribution in [0.3, 0.4) is 0 Å². The molecule has 0 saturated heterocycles. The van der Waals surface area contributed by atoms with Crippen LogP contribution in [-0.2, 0) is 4.74 Å². The minimum atomic E-state index is -0.271. The van der Waals surface area contributed by atoms with Crippen LogP contribution in [0.15, 0.2) is 24.3 Å². The van der Waals surface area contributed by atoms with E-state index in [2.05, 4.69) is 20.6 Å². The fraction of sp³-hybridized carbons (Fsp3) is 0.353. The molecule has 0 aliphatic carbocycles. The molecule has 2 heterocycles. The Balaban J connectivity index is 1.75. The number of anilines is 2. The van der Waals surface area contributed by atoms with Gasteiger partial charge in [-0.2, -0.15) is 0 Å². The third kappa shape index (κ3) is 4.36. The van der Waals surface area contributed by atoms with Crippen LogP contribution in [0.25, 0.3) is 0 Å². The monoisotopic (exact) mass is 344 g/mol. The number of fused-ring (bicyclic) bond motifs is 1. The Morgan fingerprint density at radius 1 is 1.20 bits per heavy atom. The van der Waals surface area contributed by atoms with Gasteiger partial charge in [0.15, 0.2) is 11.5 Å². The van der Waals surface area contributed by atoms with Gasteiger partial charge in [-0.1, -0.05) is 0 Å². The van der Waals surface area contributed by atoms with Crippen LogP contribution >= 0.6 is 0 Å². The Morgan fingerprint density at radius 2 is 2.00 bits per heavy atom. The van der Waals surface area contributed by atoms with Gasteiger partial charge >= 0.3 is 0 Å². The number of hydrogen-bond donors (Lipinski definition) is 2. The van der Waals surface area contributed by atoms with Gasteiger partial charge < -0.3 is 24.8 Å². The zero-order valence-corrected chi connectivity index (χ0v) is 14.2. The van der Waals surface area contributed by atoms with Gasteiger partial charge in [0.05, 0.1) is 6.61 Å². The molecule has 0 fully saturated rings. The summed E-state index contributed by atoms with van der Waals surface area (Å²) in [4.78, 5) is 20.6. The van der Waals surface area contributed by atoms with E-state index in [4.69, 9.17) is 14.2 Å². The zero-order valence-electron chi connectivity index (χ0n) is 14.2. The van der Waals surface area contributed by atoms with Gasteiger partial charge in [0, 0.05) is 31.5 Å². The van der Waals surface area contributed by atoms with Gasteiger partial charge in [0.25, 0.3) is 5.91 Å². The fourth-order valence-electron chi connectivity index (χ4n) is 2.37. The Morgan fingerprint density at radius 3 is 2.80 bits per heavy atom. The van der Waals surface area contributed by atoms with Gasteiger partial charge in [0.2, 0.25) is 0 Å². The van der Waals surface area contributed by atoms with Crippen molar-refractivity contribution in [3.63, 3.8) is 0 Å². The molecule has 0 atom stereocenters. The van der Waals surface area contributed by atoms with Crippen molar-refractivity contribution in [2.45, 2.75) is 6.92 Å². The molecule has 1 aliphatic heterocycles. The minimum Gasteiger partial charge on any atom is -0.486 e. The maximum atomic E-state index is 12.1. The number of methoxy groups -OCH3 is 1. The second kappa shape index (κ2) is 7.80. The molecule has 8 heteroatoms. The van der Waals surface area contributed by atoms with Crippen LogP contribution < -0.4 is 20.1 Å². The normalized spacial score (nSPS) is 12.6. The van der Waals surface area contributed by atoms with Gasteiger partial charge in [-0.05, 0) is 19.1 Å². The maximum Gasteiger partial charge on any atom is 0.270 e. The van der Waals surface area contributed by atoms with E-state index in [1.165, 1.54) is 0 Å². The van der Waals surface area contributed by atoms with E-state index in [9.17, 15) is 4.79 Å². The zero-order chi connectivity index (χ0) is 17.6. The lowest BCUT2D eigenvalue weighted by atomic mass is 10.2. The fourth-order valence-corrected chi connectivity index (χ4v) is 2.37. The molecule has 0 spiro atoms. The van der Waals surface area contributed by atoms with Crippen LogP contribution in [-0.4, -0.2) is 49.4 Å². The van der Waals surface area contributed by atoms with Crippen molar-refractivity contribution in [1.82, 2.24) is 15.3 Å². The highest BCUT2D eigenvalue weighted by molar-refractivity contribution is 5.93. The van der Waals surface area contributed by atoms with Gasteiger partial charge in [-0.3, -0.25) is 4.79 Å². The summed E-state index contributed by atoms with van der Waals surface area (Å²) in [7, 11) is 1.58. The number of hydrogen-bond acceptors (Lipinski definition) is 7. The van der Waals surface area contributed by atoms with Gasteiger partial charge in [-0.25, -0.2) is 9.97 Å². The molecule has 0 saturated carbocycles. The number of aryl methyl sites for hydroxylation is 1. The SMILES string of the molecule is COCCNC(=O)c1cc(Nc2ccc3c(c2)OCCO3)nc(C)n1. The van der Waals surface area contributed by atoms with Crippen LogP contribution in [0.2, 0.25) is 0 Å². The number of amides is 1. The van der Waals surface area contributed by atoms with Crippen LogP contribution in [0.1, 0.15) is 16.3 Å². The number of ether oxygens (including phenoxy) is 3. The van der Waals surface area contributed by atoms with Crippen LogP contribution in [0.4, 0.5) is 11.5 Å². The number of carbonyl (C=O) groups is 1. The van der Waals surface area contributed by atoms with Gasteiger partial charge in [0.1, 0.15) is 30.5 Å². The molecular formula is C17H20N4O4. The molecule has 0 unspecified atom stereocenters. The smallest absolute Gasteiger partial charge is 0.270 e. The van der Waals surface area contributed by atoms with Crippen molar-refractivity contribution in [3.8, 4) is 11.5 Å². The van der Waals surface area contributed by atoms with E-state index in [-0.39, 0.29) is 5.91 Å². The highest BCUT2D eigenvalue weighted by atomic mass is 16.6. The molecule has 25 heavy (non-hydrogen) atoms. The molecule has 0 bridgehead atoms. The van der Waals surface area contributed by atoms with E-state index in [0.29, 0.717) is 55.2 Å². The number of carbonyl (C=O) groups excluding carboxylic acids is 1. The number of aromatic nitrogens is 2. The molecule has 2 N–H and O–H groups in total. The van der Waals surface area contributed by atoms with E-state index in [1.807, 2.05) is 18.2 Å². The third-order valence-electron chi connectivity index (χ3n) is 3.48. The lowest BCUT2D eigenvalue weighted by Gasteiger charge is -2.19. The van der Waals surface area contributed by atoms with Crippen molar-refractivity contribution in [1.29, 1.82) is 0 Å². The van der Waals surface area contributed by atoms with Gasteiger partial charge in [-0.15, -0.1) is 0 Å². The van der Waals surface area contributed by atoms with E-state index < -0.39 is 0 Å². The molecule has 1 amide bonds. The Kier molecular flexibility index (Phi) is 5.30. The first kappa shape index (κ1) is 17.0. The molecule has 1 aliphatic rings. The first-order chi connectivity index (χ1) is 12.2. The second-order valence-corrected chi connectivity index (χ2v) is 5.42. The summed E-state index contributed by atoms with van der Waals surface area (Å²) in [6.07, 6.45) is 0. The van der Waals surface area contributed by atoms with E-state index in [1.54, 1.807) is 20.1 Å². The molecule has 8 nitrogen and oxygen atoms in total. The number of rotatable bonds is 6. The predicted molar refractivity (Wildman–Crippen MR) is 91.7 cm³/mol. The number of benzene rings is 1. The molecule has 3 rings (SSSR count). The van der Waals surface area contributed by atoms with Crippen molar-refractivity contribution in [2.24, 2.45) is 0 Å². The third-order valence-corrected chi connectivity index (χ3v) is 3.48. The highest BCUT2D eigenvalue weighted by Gasteiger charge is 2.13. The lowest BCUT2D eigenvalue weighted by molar-refractivity contribution is 0.0931. The Labute approximate surface area is 145 Å². The lowest BCUT2D eigenvalue weighted by Crippen LogP contribution is -2.28. The summed E-state index contributed by atoms with van der Waals surface area (Å²) in [5.74, 6) is 2.15. The summed E-state index contributed by atoms with van der Waals surface area (Å²) in [6, 6.07) is 7.14. The van der Waals surface area contributed by atoms with Crippen molar-refractivity contribution >= 4 is 17.4 Å². The van der Waals surface area contributed by atoms with Crippen molar-refractivity contribution < 1.29 is 19.0 Å². The second-order valence-electron chi connectivity index (χ2n) is 5.42. The summed E-state index contributed by atoms with van der Waals surface area (Å²) in [5.41, 5.74) is 1.08. The summed E-state index contributed by atoms with van der Waals surface area (Å²) in [5, 5.41) is 5.91. The summed E-state index contributed by atoms with van der Waals surface area (Å²) < 4.78 is 16.0. The Bertz CT molecular complexity index is 766. The predicted octanol–water partition coefficient (Wildman–Crippen LogP) is 1.68. The average molecular weight is 344 g/mol. The largest absolute Gasteiger partial charge is 0.486 e. The minimum absolute atomic E-state index is 0.271. The van der Waals surface area contributed by atoms with Crippen molar-refractivity contribution in [3.05, 3.63) is 35.8 Å².